The molecule has 0 bridgehead atoms. The second-order valence-corrected chi connectivity index (χ2v) is 7.36. The van der Waals surface area contributed by atoms with E-state index in [0.717, 1.165) is 28.3 Å². The second-order valence-electron chi connectivity index (χ2n) is 7.36. The minimum Gasteiger partial charge on any atom is -0.507 e. The molecule has 2 rings (SSSR count). The summed E-state index contributed by atoms with van der Waals surface area (Å²) in [7, 11) is 0. The van der Waals surface area contributed by atoms with Crippen LogP contribution in [0.15, 0.2) is 54.6 Å². The van der Waals surface area contributed by atoms with Crippen LogP contribution in [-0.2, 0) is 0 Å². The molecule has 0 aromatic heterocycles. The highest BCUT2D eigenvalue weighted by Gasteiger charge is 2.26. The Balaban J connectivity index is 2.12. The summed E-state index contributed by atoms with van der Waals surface area (Å²) < 4.78 is 0. The standard InChI is InChI=1S/C23H30O3/c1-5-18(23(26)15(2)3)21(24)12-10-16(4)14-17-11-13-22(25)20-9-7-6-8-19(17)20/h5-9,11,13-15,18,21,23-26H,1,10,12H2,2-4H3/b16-14+/t18-,21-,23-/m1/s1. The number of phenolic OH excluding ortho intramolecular Hbond substituents is 1. The summed E-state index contributed by atoms with van der Waals surface area (Å²) in [4.78, 5) is 0. The van der Waals surface area contributed by atoms with Crippen molar-refractivity contribution in [3.8, 4) is 5.75 Å². The fourth-order valence-electron chi connectivity index (χ4n) is 3.31. The summed E-state index contributed by atoms with van der Waals surface area (Å²) in [5.41, 5.74) is 2.19. The molecule has 0 heterocycles. The van der Waals surface area contributed by atoms with Gasteiger partial charge in [-0.3, -0.25) is 0 Å². The third-order valence-corrected chi connectivity index (χ3v) is 4.96. The van der Waals surface area contributed by atoms with Crippen molar-refractivity contribution in [3.05, 3.63) is 60.2 Å². The topological polar surface area (TPSA) is 60.7 Å². The zero-order valence-corrected chi connectivity index (χ0v) is 15.9. The van der Waals surface area contributed by atoms with Gasteiger partial charge in [0.1, 0.15) is 5.75 Å². The van der Waals surface area contributed by atoms with E-state index in [2.05, 4.69) is 12.7 Å². The molecule has 0 spiro atoms. The van der Waals surface area contributed by atoms with Gasteiger partial charge in [-0.1, -0.05) is 61.9 Å². The average Bonchev–Trinajstić information content (AvgIpc) is 2.63. The number of rotatable bonds is 8. The summed E-state index contributed by atoms with van der Waals surface area (Å²) in [5, 5.41) is 32.5. The van der Waals surface area contributed by atoms with Crippen molar-refractivity contribution in [2.75, 3.05) is 0 Å². The molecule has 3 nitrogen and oxygen atoms in total. The van der Waals surface area contributed by atoms with Crippen molar-refractivity contribution in [3.63, 3.8) is 0 Å². The Morgan fingerprint density at radius 3 is 2.35 bits per heavy atom. The molecule has 3 atom stereocenters. The molecule has 140 valence electrons. The van der Waals surface area contributed by atoms with Crippen LogP contribution in [0.25, 0.3) is 16.8 Å². The Bertz CT molecular complexity index is 776. The van der Waals surface area contributed by atoms with E-state index in [9.17, 15) is 15.3 Å². The van der Waals surface area contributed by atoms with Crippen LogP contribution in [0.5, 0.6) is 5.75 Å². The molecule has 0 aliphatic carbocycles. The van der Waals surface area contributed by atoms with E-state index in [4.69, 9.17) is 0 Å². The molecule has 2 aromatic carbocycles. The van der Waals surface area contributed by atoms with Crippen LogP contribution in [-0.4, -0.2) is 27.5 Å². The molecule has 0 fully saturated rings. The van der Waals surface area contributed by atoms with Gasteiger partial charge in [0.05, 0.1) is 12.2 Å². The van der Waals surface area contributed by atoms with Crippen molar-refractivity contribution in [2.45, 2.75) is 45.8 Å². The highest BCUT2D eigenvalue weighted by atomic mass is 16.3. The average molecular weight is 354 g/mol. The zero-order chi connectivity index (χ0) is 19.3. The number of aliphatic hydroxyl groups is 2. The smallest absolute Gasteiger partial charge is 0.123 e. The molecule has 0 aliphatic heterocycles. The molecule has 0 saturated carbocycles. The second kappa shape index (κ2) is 9.02. The molecule has 0 saturated heterocycles. The van der Waals surface area contributed by atoms with Gasteiger partial charge in [-0.05, 0) is 42.7 Å². The summed E-state index contributed by atoms with van der Waals surface area (Å²) in [6, 6.07) is 11.4. The Labute approximate surface area is 156 Å². The summed E-state index contributed by atoms with van der Waals surface area (Å²) >= 11 is 0. The highest BCUT2D eigenvalue weighted by Crippen LogP contribution is 2.29. The van der Waals surface area contributed by atoms with Crippen molar-refractivity contribution in [2.24, 2.45) is 11.8 Å². The molecule has 0 radical (unpaired) electrons. The number of aromatic hydroxyl groups is 1. The molecule has 3 heteroatoms. The molecule has 3 N–H and O–H groups in total. The van der Waals surface area contributed by atoms with Gasteiger partial charge in [-0.2, -0.15) is 0 Å². The maximum Gasteiger partial charge on any atom is 0.123 e. The SMILES string of the molecule is C=C[C@H]([C@H](O)CC/C(C)=C/c1ccc(O)c2ccccc12)[C@H](O)C(C)C. The molecule has 0 aliphatic rings. The third kappa shape index (κ3) is 4.75. The van der Waals surface area contributed by atoms with Gasteiger partial charge in [0.25, 0.3) is 0 Å². The first-order valence-electron chi connectivity index (χ1n) is 9.21. The summed E-state index contributed by atoms with van der Waals surface area (Å²) in [5.74, 6) is 0.0345. The lowest BCUT2D eigenvalue weighted by Gasteiger charge is -2.27. The van der Waals surface area contributed by atoms with E-state index in [1.807, 2.05) is 51.1 Å². The van der Waals surface area contributed by atoms with E-state index in [0.29, 0.717) is 6.42 Å². The first kappa shape index (κ1) is 20.2. The van der Waals surface area contributed by atoms with Crippen LogP contribution < -0.4 is 0 Å². The van der Waals surface area contributed by atoms with Crippen molar-refractivity contribution in [1.29, 1.82) is 0 Å². The molecule has 26 heavy (non-hydrogen) atoms. The maximum absolute atomic E-state index is 10.5. The van der Waals surface area contributed by atoms with Gasteiger partial charge < -0.3 is 15.3 Å². The molecule has 2 aromatic rings. The zero-order valence-electron chi connectivity index (χ0n) is 15.9. The predicted octanol–water partition coefficient (Wildman–Crippen LogP) is 4.91. The van der Waals surface area contributed by atoms with Crippen LogP contribution in [0.2, 0.25) is 0 Å². The molecule has 0 unspecified atom stereocenters. The fraction of sp³-hybridized carbons (Fsp3) is 0.391. The first-order chi connectivity index (χ1) is 12.3. The maximum atomic E-state index is 10.5. The number of phenols is 1. The Morgan fingerprint density at radius 1 is 1.08 bits per heavy atom. The highest BCUT2D eigenvalue weighted by molar-refractivity contribution is 5.94. The normalized spacial score (nSPS) is 15.8. The van der Waals surface area contributed by atoms with Crippen molar-refractivity contribution >= 4 is 16.8 Å². The van der Waals surface area contributed by atoms with Crippen LogP contribution in [0.1, 0.15) is 39.2 Å². The third-order valence-electron chi connectivity index (χ3n) is 4.96. The largest absolute Gasteiger partial charge is 0.507 e. The Kier molecular flexibility index (Phi) is 7.01. The lowest BCUT2D eigenvalue weighted by atomic mass is 9.86. The summed E-state index contributed by atoms with van der Waals surface area (Å²) in [6.45, 7) is 9.68. The summed E-state index contributed by atoms with van der Waals surface area (Å²) in [6.07, 6.45) is 3.83. The van der Waals surface area contributed by atoms with Crippen LogP contribution in [0, 0.1) is 11.8 Å². The van der Waals surface area contributed by atoms with E-state index >= 15 is 0 Å². The van der Waals surface area contributed by atoms with Gasteiger partial charge in [-0.25, -0.2) is 0 Å². The first-order valence-corrected chi connectivity index (χ1v) is 9.21. The van der Waals surface area contributed by atoms with Gasteiger partial charge in [0.2, 0.25) is 0 Å². The minimum atomic E-state index is -0.621. The van der Waals surface area contributed by atoms with Gasteiger partial charge in [-0.15, -0.1) is 6.58 Å². The van der Waals surface area contributed by atoms with Crippen molar-refractivity contribution < 1.29 is 15.3 Å². The quantitative estimate of drug-likeness (QED) is 0.590. The Hall–Kier alpha value is -2.10. The number of benzene rings is 2. The Morgan fingerprint density at radius 2 is 1.73 bits per heavy atom. The number of hydrogen-bond acceptors (Lipinski definition) is 3. The van der Waals surface area contributed by atoms with Crippen LogP contribution >= 0.6 is 0 Å². The lowest BCUT2D eigenvalue weighted by molar-refractivity contribution is 0.00890. The number of aliphatic hydroxyl groups excluding tert-OH is 2. The van der Waals surface area contributed by atoms with E-state index in [-0.39, 0.29) is 17.6 Å². The minimum absolute atomic E-state index is 0.0765. The molecular weight excluding hydrogens is 324 g/mol. The number of hydrogen-bond donors (Lipinski definition) is 3. The van der Waals surface area contributed by atoms with Gasteiger partial charge in [0.15, 0.2) is 0 Å². The van der Waals surface area contributed by atoms with E-state index in [1.54, 1.807) is 12.1 Å². The lowest BCUT2D eigenvalue weighted by Crippen LogP contribution is -2.33. The van der Waals surface area contributed by atoms with Crippen LogP contribution in [0.4, 0.5) is 0 Å². The van der Waals surface area contributed by atoms with Gasteiger partial charge in [0, 0.05) is 11.3 Å². The molecule has 0 amide bonds. The van der Waals surface area contributed by atoms with E-state index < -0.39 is 12.2 Å². The monoisotopic (exact) mass is 354 g/mol. The molecular formula is C23H30O3. The number of allylic oxidation sites excluding steroid dienone is 1. The van der Waals surface area contributed by atoms with Crippen molar-refractivity contribution in [1.82, 2.24) is 0 Å². The van der Waals surface area contributed by atoms with E-state index in [1.165, 1.54) is 0 Å². The number of fused-ring (bicyclic) bond motifs is 1. The predicted molar refractivity (Wildman–Crippen MR) is 109 cm³/mol. The fourth-order valence-corrected chi connectivity index (χ4v) is 3.31. The van der Waals surface area contributed by atoms with Gasteiger partial charge >= 0.3 is 0 Å². The van der Waals surface area contributed by atoms with Crippen LogP contribution in [0.3, 0.4) is 0 Å².